The number of imidazole rings is 1. The molecule has 8 heteroatoms. The van der Waals surface area contributed by atoms with Crippen LogP contribution < -0.4 is 4.74 Å². The molecule has 2 aromatic heterocycles. The van der Waals surface area contributed by atoms with Crippen LogP contribution in [0.4, 0.5) is 0 Å². The fourth-order valence-corrected chi connectivity index (χ4v) is 4.29. The molecule has 1 N–H and O–H groups in total. The third kappa shape index (κ3) is 3.74. The van der Waals surface area contributed by atoms with Crippen LogP contribution in [0, 0.1) is 5.92 Å². The minimum Gasteiger partial charge on any atom is -0.494 e. The zero-order chi connectivity index (χ0) is 19.7. The van der Waals surface area contributed by atoms with Gasteiger partial charge in [0.15, 0.2) is 0 Å². The number of aromatic nitrogens is 3. The summed E-state index contributed by atoms with van der Waals surface area (Å²) in [7, 11) is 1.55. The van der Waals surface area contributed by atoms with Gasteiger partial charge in [0.05, 0.1) is 36.8 Å². The molecule has 0 bridgehead atoms. The van der Waals surface area contributed by atoms with E-state index in [1.54, 1.807) is 30.6 Å². The Labute approximate surface area is 167 Å². The van der Waals surface area contributed by atoms with Gasteiger partial charge in [0.2, 0.25) is 0 Å². The lowest BCUT2D eigenvalue weighted by molar-refractivity contribution is 0.0696. The first-order chi connectivity index (χ1) is 13.5. The first kappa shape index (κ1) is 18.9. The number of carboxylic acids is 1. The number of piperidine rings is 1. The van der Waals surface area contributed by atoms with Crippen molar-refractivity contribution in [2.24, 2.45) is 5.92 Å². The third-order valence-electron chi connectivity index (χ3n) is 5.40. The number of hydrogen-bond acceptors (Lipinski definition) is 6. The van der Waals surface area contributed by atoms with Crippen LogP contribution in [-0.4, -0.2) is 50.7 Å². The molecule has 1 aliphatic rings. The Morgan fingerprint density at radius 1 is 1.32 bits per heavy atom. The summed E-state index contributed by atoms with van der Waals surface area (Å²) in [5, 5.41) is 9.50. The van der Waals surface area contributed by atoms with Gasteiger partial charge in [-0.05, 0) is 44.0 Å². The lowest BCUT2D eigenvalue weighted by Gasteiger charge is -2.29. The minimum atomic E-state index is -0.975. The van der Waals surface area contributed by atoms with Gasteiger partial charge in [-0.1, -0.05) is 6.92 Å². The van der Waals surface area contributed by atoms with Crippen molar-refractivity contribution in [2.75, 3.05) is 20.2 Å². The Morgan fingerprint density at radius 3 is 2.75 bits per heavy atom. The predicted molar refractivity (Wildman–Crippen MR) is 108 cm³/mol. The van der Waals surface area contributed by atoms with Crippen LogP contribution in [0.5, 0.6) is 5.75 Å². The van der Waals surface area contributed by atoms with E-state index in [0.717, 1.165) is 41.8 Å². The standard InChI is InChI=1S/C20H24N4O3S/c1-13-3-5-23(6-4-13)11-18-22-19-16(24(18)10-15-9-21-12-28-15)7-14(20(25)26)8-17(19)27-2/h7-9,12-13H,3-6,10-11H2,1-2H3,(H,25,26). The number of nitrogens with zero attached hydrogens (tertiary/aromatic N) is 4. The fourth-order valence-electron chi connectivity index (χ4n) is 3.71. The molecule has 3 aromatic rings. The van der Waals surface area contributed by atoms with Crippen molar-refractivity contribution in [1.82, 2.24) is 19.4 Å². The molecule has 28 heavy (non-hydrogen) atoms. The van der Waals surface area contributed by atoms with Crippen molar-refractivity contribution in [3.8, 4) is 5.75 Å². The summed E-state index contributed by atoms with van der Waals surface area (Å²) in [5.41, 5.74) is 3.50. The maximum Gasteiger partial charge on any atom is 0.335 e. The summed E-state index contributed by atoms with van der Waals surface area (Å²) in [5.74, 6) is 1.22. The highest BCUT2D eigenvalue weighted by atomic mass is 32.1. The highest BCUT2D eigenvalue weighted by Gasteiger charge is 2.22. The molecular weight excluding hydrogens is 376 g/mol. The number of aromatic carboxylic acids is 1. The molecule has 0 radical (unpaired) electrons. The van der Waals surface area contributed by atoms with Crippen LogP contribution in [0.2, 0.25) is 0 Å². The Balaban J connectivity index is 1.79. The van der Waals surface area contributed by atoms with Crippen molar-refractivity contribution in [3.05, 3.63) is 40.1 Å². The van der Waals surface area contributed by atoms with Gasteiger partial charge in [-0.2, -0.15) is 0 Å². The van der Waals surface area contributed by atoms with Gasteiger partial charge >= 0.3 is 5.97 Å². The van der Waals surface area contributed by atoms with Crippen molar-refractivity contribution in [1.29, 1.82) is 0 Å². The zero-order valence-electron chi connectivity index (χ0n) is 16.1. The van der Waals surface area contributed by atoms with Crippen LogP contribution in [0.1, 0.15) is 40.8 Å². The number of rotatable bonds is 6. The van der Waals surface area contributed by atoms with Crippen molar-refractivity contribution < 1.29 is 14.6 Å². The average molecular weight is 401 g/mol. The van der Waals surface area contributed by atoms with Gasteiger partial charge in [0.1, 0.15) is 17.1 Å². The number of carbonyl (C=O) groups is 1. The monoisotopic (exact) mass is 400 g/mol. The van der Waals surface area contributed by atoms with Crippen molar-refractivity contribution in [3.63, 3.8) is 0 Å². The zero-order valence-corrected chi connectivity index (χ0v) is 16.9. The van der Waals surface area contributed by atoms with E-state index in [2.05, 4.69) is 21.4 Å². The smallest absolute Gasteiger partial charge is 0.335 e. The molecule has 1 saturated heterocycles. The third-order valence-corrected chi connectivity index (χ3v) is 6.17. The molecule has 0 atom stereocenters. The highest BCUT2D eigenvalue weighted by Crippen LogP contribution is 2.30. The lowest BCUT2D eigenvalue weighted by atomic mass is 9.99. The number of benzene rings is 1. The number of ether oxygens (including phenoxy) is 1. The second kappa shape index (κ2) is 7.89. The molecule has 148 valence electrons. The van der Waals surface area contributed by atoms with Crippen LogP contribution in [0.3, 0.4) is 0 Å². The highest BCUT2D eigenvalue weighted by molar-refractivity contribution is 7.09. The number of hydrogen-bond donors (Lipinski definition) is 1. The van der Waals surface area contributed by atoms with Crippen molar-refractivity contribution in [2.45, 2.75) is 32.9 Å². The van der Waals surface area contributed by atoms with E-state index >= 15 is 0 Å². The van der Waals surface area contributed by atoms with Gasteiger partial charge in [0.25, 0.3) is 0 Å². The Morgan fingerprint density at radius 2 is 2.11 bits per heavy atom. The van der Waals surface area contributed by atoms with Gasteiger partial charge < -0.3 is 14.4 Å². The van der Waals surface area contributed by atoms with Crippen LogP contribution in [0.25, 0.3) is 11.0 Å². The van der Waals surface area contributed by atoms with E-state index in [1.165, 1.54) is 12.8 Å². The van der Waals surface area contributed by atoms with Crippen LogP contribution in [0.15, 0.2) is 23.8 Å². The molecule has 0 amide bonds. The maximum atomic E-state index is 11.6. The Bertz CT molecular complexity index is 975. The number of thiazole rings is 1. The second-order valence-electron chi connectivity index (χ2n) is 7.39. The SMILES string of the molecule is COc1cc(C(=O)O)cc2c1nc(CN1CCC(C)CC1)n2Cc1cncs1. The minimum absolute atomic E-state index is 0.202. The van der Waals surface area contributed by atoms with E-state index in [9.17, 15) is 9.90 Å². The lowest BCUT2D eigenvalue weighted by Crippen LogP contribution is -2.33. The molecule has 0 aliphatic carbocycles. The van der Waals surface area contributed by atoms with Crippen molar-refractivity contribution >= 4 is 28.3 Å². The predicted octanol–water partition coefficient (Wildman–Crippen LogP) is 3.48. The number of likely N-dealkylation sites (tertiary alicyclic amines) is 1. The number of methoxy groups -OCH3 is 1. The molecule has 0 unspecified atom stereocenters. The van der Waals surface area contributed by atoms with Gasteiger partial charge in [-0.15, -0.1) is 11.3 Å². The topological polar surface area (TPSA) is 80.5 Å². The Kier molecular flexibility index (Phi) is 5.32. The summed E-state index contributed by atoms with van der Waals surface area (Å²) in [6.07, 6.45) is 4.24. The first-order valence-corrected chi connectivity index (χ1v) is 10.3. The van der Waals surface area contributed by atoms with Crippen LogP contribution in [-0.2, 0) is 13.1 Å². The number of fused-ring (bicyclic) bond motifs is 1. The largest absolute Gasteiger partial charge is 0.494 e. The summed E-state index contributed by atoms with van der Waals surface area (Å²) in [4.78, 5) is 24.2. The van der Waals surface area contributed by atoms with Gasteiger partial charge in [-0.25, -0.2) is 9.78 Å². The van der Waals surface area contributed by atoms with Gasteiger partial charge in [-0.3, -0.25) is 9.88 Å². The molecule has 4 rings (SSSR count). The molecule has 1 aromatic carbocycles. The normalized spacial score (nSPS) is 15.9. The maximum absolute atomic E-state index is 11.6. The Hall–Kier alpha value is -2.45. The van der Waals surface area contributed by atoms with Crippen LogP contribution >= 0.6 is 11.3 Å². The molecule has 0 saturated carbocycles. The van der Waals surface area contributed by atoms with E-state index in [0.29, 0.717) is 17.8 Å². The summed E-state index contributed by atoms with van der Waals surface area (Å²) < 4.78 is 7.57. The van der Waals surface area contributed by atoms with E-state index in [-0.39, 0.29) is 5.56 Å². The van der Waals surface area contributed by atoms with Gasteiger partial charge in [0, 0.05) is 11.1 Å². The summed E-state index contributed by atoms with van der Waals surface area (Å²) >= 11 is 1.58. The summed E-state index contributed by atoms with van der Waals surface area (Å²) in [6, 6.07) is 3.23. The quantitative estimate of drug-likeness (QED) is 0.682. The first-order valence-electron chi connectivity index (χ1n) is 9.45. The van der Waals surface area contributed by atoms with E-state index < -0.39 is 5.97 Å². The molecule has 3 heterocycles. The molecule has 1 fully saturated rings. The number of carboxylic acid groups (broad SMARTS) is 1. The van der Waals surface area contributed by atoms with E-state index in [4.69, 9.17) is 9.72 Å². The summed E-state index contributed by atoms with van der Waals surface area (Å²) in [6.45, 7) is 5.78. The van der Waals surface area contributed by atoms with E-state index in [1.807, 2.05) is 11.7 Å². The molecule has 0 spiro atoms. The molecule has 1 aliphatic heterocycles. The molecular formula is C20H24N4O3S. The second-order valence-corrected chi connectivity index (χ2v) is 8.36. The molecule has 7 nitrogen and oxygen atoms in total. The fraction of sp³-hybridized carbons (Fsp3) is 0.450. The average Bonchev–Trinajstić information content (AvgIpc) is 3.31.